The van der Waals surface area contributed by atoms with Gasteiger partial charge in [-0.2, -0.15) is 13.2 Å². The van der Waals surface area contributed by atoms with Gasteiger partial charge in [0.1, 0.15) is 5.60 Å². The lowest BCUT2D eigenvalue weighted by molar-refractivity contribution is -0.141. The van der Waals surface area contributed by atoms with E-state index in [1.54, 1.807) is 11.1 Å². The zero-order valence-corrected chi connectivity index (χ0v) is 28.0. The van der Waals surface area contributed by atoms with E-state index in [9.17, 15) is 22.8 Å². The van der Waals surface area contributed by atoms with Gasteiger partial charge in [-0.25, -0.2) is 4.79 Å². The standard InChI is InChI=1S/C33H44BrF3N4O3/c1-31(2,3)27-21-40(29(26-12-11-25(34)20-38-26)23-7-9-24(10-8-23)33(35,36)37)17-18-41(27)28(42)19-22-13-15-39(16-14-22)30(43)44-32(4,5)6/h7-12,20,22,27,29H,13-19,21H2,1-6H3/t27-,29?/m1/s1. The van der Waals surface area contributed by atoms with Crippen molar-refractivity contribution in [2.75, 3.05) is 32.7 Å². The van der Waals surface area contributed by atoms with Crippen molar-refractivity contribution in [3.05, 3.63) is 63.9 Å². The van der Waals surface area contributed by atoms with E-state index >= 15 is 0 Å². The zero-order valence-electron chi connectivity index (χ0n) is 26.5. The summed E-state index contributed by atoms with van der Waals surface area (Å²) >= 11 is 3.43. The largest absolute Gasteiger partial charge is 0.444 e. The van der Waals surface area contributed by atoms with Crippen LogP contribution in [0.15, 0.2) is 47.1 Å². The molecule has 3 heterocycles. The van der Waals surface area contributed by atoms with Crippen LogP contribution in [-0.4, -0.2) is 76.1 Å². The molecular weight excluding hydrogens is 637 g/mol. The van der Waals surface area contributed by atoms with Gasteiger partial charge in [0.2, 0.25) is 5.91 Å². The summed E-state index contributed by atoms with van der Waals surface area (Å²) in [6, 6.07) is 8.60. The number of nitrogens with zero attached hydrogens (tertiary/aromatic N) is 4. The third-order valence-electron chi connectivity index (χ3n) is 8.41. The van der Waals surface area contributed by atoms with Gasteiger partial charge in [-0.15, -0.1) is 0 Å². The van der Waals surface area contributed by atoms with Crippen LogP contribution in [0.5, 0.6) is 0 Å². The Balaban J connectivity index is 1.49. The average Bonchev–Trinajstić information content (AvgIpc) is 2.93. The second-order valence-corrected chi connectivity index (χ2v) is 14.9. The van der Waals surface area contributed by atoms with Crippen LogP contribution in [0.2, 0.25) is 0 Å². The number of ether oxygens (including phenoxy) is 1. The van der Waals surface area contributed by atoms with Crippen LogP contribution in [0.1, 0.15) is 83.7 Å². The van der Waals surface area contributed by atoms with Gasteiger partial charge < -0.3 is 14.5 Å². The number of rotatable bonds is 5. The number of piperazine rings is 1. The van der Waals surface area contributed by atoms with Crippen LogP contribution < -0.4 is 0 Å². The number of benzene rings is 1. The van der Waals surface area contributed by atoms with Crippen LogP contribution in [0.4, 0.5) is 18.0 Å². The first-order chi connectivity index (χ1) is 20.4. The SMILES string of the molecule is CC(C)(C)OC(=O)N1CCC(CC(=O)N2CCN(C(c3ccc(C(F)(F)F)cc3)c3ccc(Br)cn3)C[C@@H]2C(C)(C)C)CC1. The number of aromatic nitrogens is 1. The molecule has 1 aromatic heterocycles. The highest BCUT2D eigenvalue weighted by molar-refractivity contribution is 9.10. The van der Waals surface area contributed by atoms with Gasteiger partial charge in [0.05, 0.1) is 17.3 Å². The lowest BCUT2D eigenvalue weighted by Gasteiger charge is -2.49. The van der Waals surface area contributed by atoms with E-state index in [4.69, 9.17) is 4.74 Å². The summed E-state index contributed by atoms with van der Waals surface area (Å²) in [5.41, 5.74) is -0.0306. The van der Waals surface area contributed by atoms with Crippen molar-refractivity contribution in [3.8, 4) is 0 Å². The Bertz CT molecular complexity index is 1280. The molecule has 0 radical (unpaired) electrons. The number of halogens is 4. The minimum atomic E-state index is -4.42. The Morgan fingerprint density at radius 3 is 2.11 bits per heavy atom. The molecule has 11 heteroatoms. The first-order valence-corrected chi connectivity index (χ1v) is 16.0. The molecule has 2 saturated heterocycles. The average molecular weight is 682 g/mol. The Labute approximate surface area is 267 Å². The molecule has 0 spiro atoms. The fourth-order valence-corrected chi connectivity index (χ4v) is 6.30. The monoisotopic (exact) mass is 680 g/mol. The highest BCUT2D eigenvalue weighted by atomic mass is 79.9. The maximum absolute atomic E-state index is 13.8. The number of likely N-dealkylation sites (tertiary alicyclic amines) is 1. The van der Waals surface area contributed by atoms with E-state index in [2.05, 4.69) is 46.6 Å². The third kappa shape index (κ3) is 8.74. The first-order valence-electron chi connectivity index (χ1n) is 15.2. The number of piperidine rings is 1. The van der Waals surface area contributed by atoms with Gasteiger partial charge in [-0.05, 0) is 90.7 Å². The molecule has 2 aliphatic heterocycles. The molecule has 7 nitrogen and oxygen atoms in total. The normalized spacial score (nSPS) is 20.0. The number of hydrogen-bond acceptors (Lipinski definition) is 5. The number of pyridine rings is 1. The molecule has 2 aromatic rings. The lowest BCUT2D eigenvalue weighted by atomic mass is 9.82. The van der Waals surface area contributed by atoms with Crippen LogP contribution in [0.25, 0.3) is 0 Å². The topological polar surface area (TPSA) is 66.0 Å². The van der Waals surface area contributed by atoms with Crippen molar-refractivity contribution >= 4 is 27.9 Å². The predicted octanol–water partition coefficient (Wildman–Crippen LogP) is 7.55. The van der Waals surface area contributed by atoms with Crippen LogP contribution in [-0.2, 0) is 15.7 Å². The summed E-state index contributed by atoms with van der Waals surface area (Å²) < 4.78 is 46.3. The maximum Gasteiger partial charge on any atom is 0.416 e. The molecule has 0 aliphatic carbocycles. The number of amides is 2. The summed E-state index contributed by atoms with van der Waals surface area (Å²) in [5, 5.41) is 0. The Hall–Kier alpha value is -2.66. The smallest absolute Gasteiger partial charge is 0.416 e. The lowest BCUT2D eigenvalue weighted by Crippen LogP contribution is -2.60. The molecule has 0 bridgehead atoms. The maximum atomic E-state index is 13.8. The highest BCUT2D eigenvalue weighted by Crippen LogP contribution is 2.37. The second-order valence-electron chi connectivity index (χ2n) is 14.0. The number of hydrogen-bond donors (Lipinski definition) is 0. The van der Waals surface area contributed by atoms with Crippen LogP contribution in [0.3, 0.4) is 0 Å². The van der Waals surface area contributed by atoms with E-state index in [-0.39, 0.29) is 35.4 Å². The van der Waals surface area contributed by atoms with Crippen molar-refractivity contribution in [2.45, 2.75) is 84.7 Å². The fraction of sp³-hybridized carbons (Fsp3) is 0.606. The van der Waals surface area contributed by atoms with Gasteiger partial charge in [0, 0.05) is 55.9 Å². The molecule has 2 fully saturated rings. The third-order valence-corrected chi connectivity index (χ3v) is 8.88. The number of carbonyl (C=O) groups excluding carboxylic acids is 2. The van der Waals surface area contributed by atoms with Gasteiger partial charge in [0.15, 0.2) is 0 Å². The van der Waals surface area contributed by atoms with Crippen molar-refractivity contribution in [3.63, 3.8) is 0 Å². The minimum absolute atomic E-state index is 0.105. The molecule has 2 amide bonds. The highest BCUT2D eigenvalue weighted by Gasteiger charge is 2.41. The van der Waals surface area contributed by atoms with E-state index in [1.165, 1.54) is 12.1 Å². The van der Waals surface area contributed by atoms with Gasteiger partial charge in [-0.1, -0.05) is 32.9 Å². The van der Waals surface area contributed by atoms with E-state index < -0.39 is 17.3 Å². The summed E-state index contributed by atoms with van der Waals surface area (Å²) in [6.45, 7) is 14.6. The van der Waals surface area contributed by atoms with Gasteiger partial charge >= 0.3 is 12.3 Å². The Morgan fingerprint density at radius 2 is 1.59 bits per heavy atom. The molecular formula is C33H44BrF3N4O3. The molecule has 44 heavy (non-hydrogen) atoms. The summed E-state index contributed by atoms with van der Waals surface area (Å²) in [7, 11) is 0. The molecule has 1 unspecified atom stereocenters. The van der Waals surface area contributed by atoms with E-state index in [0.717, 1.165) is 40.7 Å². The van der Waals surface area contributed by atoms with Crippen molar-refractivity contribution < 1.29 is 27.5 Å². The van der Waals surface area contributed by atoms with Crippen molar-refractivity contribution in [1.29, 1.82) is 0 Å². The summed E-state index contributed by atoms with van der Waals surface area (Å²) in [5.74, 6) is 0.292. The number of carbonyl (C=O) groups is 2. The molecule has 2 aliphatic rings. The summed E-state index contributed by atoms with van der Waals surface area (Å²) in [4.78, 5) is 36.9. The Kier molecular flexibility index (Phi) is 10.4. The summed E-state index contributed by atoms with van der Waals surface area (Å²) in [6.07, 6.45) is -1.12. The molecule has 0 saturated carbocycles. The molecule has 4 rings (SSSR count). The predicted molar refractivity (Wildman–Crippen MR) is 167 cm³/mol. The molecule has 0 N–H and O–H groups in total. The minimum Gasteiger partial charge on any atom is -0.444 e. The van der Waals surface area contributed by atoms with Crippen molar-refractivity contribution in [2.24, 2.45) is 11.3 Å². The van der Waals surface area contributed by atoms with Crippen LogP contribution in [0, 0.1) is 11.3 Å². The zero-order chi connectivity index (χ0) is 32.4. The molecule has 2 atom stereocenters. The molecule has 242 valence electrons. The van der Waals surface area contributed by atoms with Crippen molar-refractivity contribution in [1.82, 2.24) is 19.7 Å². The van der Waals surface area contributed by atoms with Gasteiger partial charge in [-0.3, -0.25) is 14.7 Å². The molecule has 1 aromatic carbocycles. The number of alkyl halides is 3. The van der Waals surface area contributed by atoms with Gasteiger partial charge in [0.25, 0.3) is 0 Å². The van der Waals surface area contributed by atoms with E-state index in [1.807, 2.05) is 37.8 Å². The van der Waals surface area contributed by atoms with E-state index in [0.29, 0.717) is 39.1 Å². The quantitative estimate of drug-likeness (QED) is 0.326. The van der Waals surface area contributed by atoms with Crippen LogP contribution >= 0.6 is 15.9 Å². The second kappa shape index (κ2) is 13.4. The fourth-order valence-electron chi connectivity index (χ4n) is 6.06. The first kappa shape index (κ1) is 34.2. The Morgan fingerprint density at radius 1 is 0.955 bits per heavy atom.